The Balaban J connectivity index is 1.92. The van der Waals surface area contributed by atoms with Crippen molar-refractivity contribution in [2.75, 3.05) is 13.1 Å². The van der Waals surface area contributed by atoms with Crippen LogP contribution < -0.4 is 5.32 Å². The third-order valence-corrected chi connectivity index (χ3v) is 3.73. The molecule has 0 saturated carbocycles. The van der Waals surface area contributed by atoms with Crippen LogP contribution in [0.1, 0.15) is 24.5 Å². The predicted molar refractivity (Wildman–Crippen MR) is 73.4 cm³/mol. The van der Waals surface area contributed by atoms with E-state index in [1.807, 2.05) is 17.8 Å². The van der Waals surface area contributed by atoms with Crippen LogP contribution in [0.15, 0.2) is 30.3 Å². The molecule has 2 aromatic rings. The zero-order valence-electron chi connectivity index (χ0n) is 11.1. The van der Waals surface area contributed by atoms with Gasteiger partial charge in [-0.2, -0.15) is 5.10 Å². The first-order valence-corrected chi connectivity index (χ1v) is 6.74. The highest BCUT2D eigenvalue weighted by Gasteiger charge is 2.19. The smallest absolute Gasteiger partial charge is 0.123 e. The van der Waals surface area contributed by atoms with Gasteiger partial charge in [-0.05, 0) is 37.6 Å². The third kappa shape index (κ3) is 2.54. The molecule has 100 valence electrons. The van der Waals surface area contributed by atoms with Gasteiger partial charge >= 0.3 is 0 Å². The number of aryl methyl sites for hydroxylation is 1. The molecule has 3 nitrogen and oxygen atoms in total. The van der Waals surface area contributed by atoms with Crippen molar-refractivity contribution in [3.63, 3.8) is 0 Å². The zero-order valence-corrected chi connectivity index (χ0v) is 11.1. The Labute approximate surface area is 112 Å². The van der Waals surface area contributed by atoms with E-state index in [1.54, 1.807) is 12.1 Å². The Morgan fingerprint density at radius 2 is 2.26 bits per heavy atom. The molecule has 19 heavy (non-hydrogen) atoms. The summed E-state index contributed by atoms with van der Waals surface area (Å²) in [6.45, 7) is 2.08. The number of benzene rings is 1. The summed E-state index contributed by atoms with van der Waals surface area (Å²) in [6, 6.07) is 8.76. The van der Waals surface area contributed by atoms with Crippen LogP contribution in [-0.4, -0.2) is 22.9 Å². The Morgan fingerprint density at radius 1 is 1.37 bits per heavy atom. The predicted octanol–water partition coefficient (Wildman–Crippen LogP) is 2.69. The first-order valence-electron chi connectivity index (χ1n) is 6.74. The molecule has 3 rings (SSSR count). The molecule has 4 heteroatoms. The first-order chi connectivity index (χ1) is 9.24. The van der Waals surface area contributed by atoms with Gasteiger partial charge in [0.25, 0.3) is 0 Å². The van der Waals surface area contributed by atoms with Gasteiger partial charge in [0.15, 0.2) is 0 Å². The second kappa shape index (κ2) is 5.13. The van der Waals surface area contributed by atoms with Crippen LogP contribution in [0.3, 0.4) is 0 Å². The number of nitrogens with zero attached hydrogens (tertiary/aromatic N) is 2. The lowest BCUT2D eigenvalue weighted by molar-refractivity contribution is 0.451. The molecule has 1 saturated heterocycles. The fourth-order valence-corrected chi connectivity index (χ4v) is 2.71. The minimum atomic E-state index is -0.209. The van der Waals surface area contributed by atoms with Crippen molar-refractivity contribution in [2.45, 2.75) is 18.8 Å². The summed E-state index contributed by atoms with van der Waals surface area (Å²) in [4.78, 5) is 0. The maximum atomic E-state index is 13.3. The van der Waals surface area contributed by atoms with Gasteiger partial charge in [0.05, 0.1) is 11.4 Å². The van der Waals surface area contributed by atoms with Crippen molar-refractivity contribution in [3.8, 4) is 11.3 Å². The molecule has 2 heterocycles. The van der Waals surface area contributed by atoms with Crippen LogP contribution in [0, 0.1) is 5.82 Å². The normalized spacial score (nSPS) is 19.6. The molecule has 0 aliphatic carbocycles. The molecular weight excluding hydrogens is 241 g/mol. The molecule has 1 aliphatic rings. The van der Waals surface area contributed by atoms with Gasteiger partial charge in [-0.25, -0.2) is 4.39 Å². The van der Waals surface area contributed by atoms with Crippen LogP contribution in [0.25, 0.3) is 11.3 Å². The average Bonchev–Trinajstić information content (AvgIpc) is 2.82. The van der Waals surface area contributed by atoms with Gasteiger partial charge < -0.3 is 5.32 Å². The minimum absolute atomic E-state index is 0.209. The van der Waals surface area contributed by atoms with Crippen LogP contribution >= 0.6 is 0 Å². The number of halogens is 1. The summed E-state index contributed by atoms with van der Waals surface area (Å²) in [5, 5.41) is 8.00. The van der Waals surface area contributed by atoms with E-state index >= 15 is 0 Å². The lowest BCUT2D eigenvalue weighted by Gasteiger charge is -2.20. The van der Waals surface area contributed by atoms with Crippen molar-refractivity contribution in [2.24, 2.45) is 7.05 Å². The van der Waals surface area contributed by atoms with Crippen LogP contribution in [0.2, 0.25) is 0 Å². The summed E-state index contributed by atoms with van der Waals surface area (Å²) in [5.41, 5.74) is 2.96. The Bertz CT molecular complexity index is 571. The summed E-state index contributed by atoms with van der Waals surface area (Å²) < 4.78 is 15.2. The summed E-state index contributed by atoms with van der Waals surface area (Å²) in [5.74, 6) is 0.266. The van der Waals surface area contributed by atoms with E-state index in [9.17, 15) is 4.39 Å². The Kier molecular flexibility index (Phi) is 3.34. The van der Waals surface area contributed by atoms with Crippen molar-refractivity contribution >= 4 is 0 Å². The maximum Gasteiger partial charge on any atom is 0.123 e. The number of rotatable bonds is 2. The topological polar surface area (TPSA) is 29.9 Å². The highest BCUT2D eigenvalue weighted by Crippen LogP contribution is 2.27. The van der Waals surface area contributed by atoms with E-state index < -0.39 is 0 Å². The summed E-state index contributed by atoms with van der Waals surface area (Å²) >= 11 is 0. The molecule has 1 unspecified atom stereocenters. The van der Waals surface area contributed by atoms with E-state index in [0.29, 0.717) is 5.92 Å². The molecule has 0 radical (unpaired) electrons. The van der Waals surface area contributed by atoms with E-state index in [2.05, 4.69) is 16.5 Å². The standard InChI is InChI=1S/C15H18FN3/c1-19-15(11-4-2-6-13(16)8-11)9-14(18-19)12-5-3-7-17-10-12/h2,4,6,8-9,12,17H,3,5,7,10H2,1H3. The van der Waals surface area contributed by atoms with Crippen LogP contribution in [-0.2, 0) is 7.05 Å². The Morgan fingerprint density at radius 3 is 3.00 bits per heavy atom. The minimum Gasteiger partial charge on any atom is -0.316 e. The number of hydrogen-bond acceptors (Lipinski definition) is 2. The largest absolute Gasteiger partial charge is 0.316 e. The number of piperidine rings is 1. The van der Waals surface area contributed by atoms with Gasteiger partial charge in [-0.15, -0.1) is 0 Å². The zero-order chi connectivity index (χ0) is 13.2. The molecule has 0 bridgehead atoms. The van der Waals surface area contributed by atoms with Gasteiger partial charge in [0, 0.05) is 25.1 Å². The quantitative estimate of drug-likeness (QED) is 0.898. The van der Waals surface area contributed by atoms with E-state index in [0.717, 1.165) is 30.0 Å². The lowest BCUT2D eigenvalue weighted by Crippen LogP contribution is -2.28. The Hall–Kier alpha value is -1.68. The monoisotopic (exact) mass is 259 g/mol. The van der Waals surface area contributed by atoms with E-state index in [-0.39, 0.29) is 5.82 Å². The second-order valence-electron chi connectivity index (χ2n) is 5.13. The fraction of sp³-hybridized carbons (Fsp3) is 0.400. The SMILES string of the molecule is Cn1nc(C2CCCNC2)cc1-c1cccc(F)c1. The molecule has 1 fully saturated rings. The van der Waals surface area contributed by atoms with Crippen LogP contribution in [0.5, 0.6) is 0 Å². The molecule has 0 amide bonds. The molecular formula is C15H18FN3. The molecule has 1 aliphatic heterocycles. The molecule has 1 N–H and O–H groups in total. The summed E-state index contributed by atoms with van der Waals surface area (Å²) in [7, 11) is 1.92. The van der Waals surface area contributed by atoms with Crippen LogP contribution in [0.4, 0.5) is 4.39 Å². The van der Waals surface area contributed by atoms with Gasteiger partial charge in [0.1, 0.15) is 5.82 Å². The highest BCUT2D eigenvalue weighted by molar-refractivity contribution is 5.60. The van der Waals surface area contributed by atoms with Gasteiger partial charge in [-0.3, -0.25) is 4.68 Å². The number of nitrogens with one attached hydrogen (secondary N) is 1. The average molecular weight is 259 g/mol. The van der Waals surface area contributed by atoms with Crippen molar-refractivity contribution < 1.29 is 4.39 Å². The molecule has 0 spiro atoms. The lowest BCUT2D eigenvalue weighted by atomic mass is 9.96. The highest BCUT2D eigenvalue weighted by atomic mass is 19.1. The maximum absolute atomic E-state index is 13.3. The summed E-state index contributed by atoms with van der Waals surface area (Å²) in [6.07, 6.45) is 2.36. The molecule has 1 aromatic carbocycles. The third-order valence-electron chi connectivity index (χ3n) is 3.73. The van der Waals surface area contributed by atoms with Crippen molar-refractivity contribution in [1.82, 2.24) is 15.1 Å². The molecule has 1 aromatic heterocycles. The van der Waals surface area contributed by atoms with Crippen molar-refractivity contribution in [1.29, 1.82) is 0 Å². The van der Waals surface area contributed by atoms with E-state index in [1.165, 1.54) is 18.9 Å². The van der Waals surface area contributed by atoms with Gasteiger partial charge in [-0.1, -0.05) is 12.1 Å². The second-order valence-corrected chi connectivity index (χ2v) is 5.13. The first kappa shape index (κ1) is 12.4. The fourth-order valence-electron chi connectivity index (χ4n) is 2.71. The number of aromatic nitrogens is 2. The van der Waals surface area contributed by atoms with Crippen molar-refractivity contribution in [3.05, 3.63) is 41.8 Å². The molecule has 1 atom stereocenters. The van der Waals surface area contributed by atoms with E-state index in [4.69, 9.17) is 0 Å². The van der Waals surface area contributed by atoms with Gasteiger partial charge in [0.2, 0.25) is 0 Å². The number of hydrogen-bond donors (Lipinski definition) is 1.